The largest absolute Gasteiger partial charge is 0.447 e. The lowest BCUT2D eigenvalue weighted by Gasteiger charge is -2.11. The fraction of sp³-hybridized carbons (Fsp3) is 0.429. The smallest absolute Gasteiger partial charge is 0.275 e. The highest BCUT2D eigenvalue weighted by molar-refractivity contribution is 7.88. The first kappa shape index (κ1) is 16.2. The van der Waals surface area contributed by atoms with Crippen molar-refractivity contribution in [1.29, 1.82) is 0 Å². The first-order chi connectivity index (χ1) is 9.80. The number of nitrogens with one attached hydrogen (secondary N) is 1. The van der Waals surface area contributed by atoms with Gasteiger partial charge in [0.1, 0.15) is 5.76 Å². The molecule has 21 heavy (non-hydrogen) atoms. The minimum absolute atomic E-state index is 0.0241. The molecule has 2 aromatic heterocycles. The van der Waals surface area contributed by atoms with E-state index in [9.17, 15) is 8.42 Å². The van der Waals surface area contributed by atoms with E-state index in [1.807, 2.05) is 0 Å². The Labute approximate surface area is 129 Å². The molecule has 0 aliphatic heterocycles. The lowest BCUT2D eigenvalue weighted by atomic mass is 10.2. The summed E-state index contributed by atoms with van der Waals surface area (Å²) >= 11 is 1.75. The lowest BCUT2D eigenvalue weighted by molar-refractivity contribution is 0.383. The van der Waals surface area contributed by atoms with E-state index in [0.29, 0.717) is 12.3 Å². The average molecular weight is 328 g/mol. The summed E-state index contributed by atoms with van der Waals surface area (Å²) in [6, 6.07) is 7.57. The molecule has 5 nitrogen and oxygen atoms in total. The van der Waals surface area contributed by atoms with Gasteiger partial charge < -0.3 is 9.73 Å². The molecule has 2 heterocycles. The van der Waals surface area contributed by atoms with Crippen LogP contribution in [0.15, 0.2) is 33.8 Å². The van der Waals surface area contributed by atoms with E-state index in [1.165, 1.54) is 29.9 Å². The SMILES string of the molecule is Cc1ccc(C(C)NCc2ccc(S(=O)(=O)N(C)C)o2)s1. The van der Waals surface area contributed by atoms with Crippen molar-refractivity contribution >= 4 is 21.4 Å². The molecular formula is C14H20N2O3S2. The van der Waals surface area contributed by atoms with Crippen LogP contribution in [-0.2, 0) is 16.6 Å². The maximum atomic E-state index is 11.9. The number of thiophene rings is 1. The Morgan fingerprint density at radius 3 is 2.57 bits per heavy atom. The zero-order chi connectivity index (χ0) is 15.6. The Morgan fingerprint density at radius 1 is 1.29 bits per heavy atom. The predicted molar refractivity (Wildman–Crippen MR) is 83.9 cm³/mol. The molecule has 0 fully saturated rings. The Bertz CT molecular complexity index is 701. The number of aryl methyl sites for hydroxylation is 1. The molecule has 1 unspecified atom stereocenters. The van der Waals surface area contributed by atoms with Crippen LogP contribution >= 0.6 is 11.3 Å². The summed E-state index contributed by atoms with van der Waals surface area (Å²) < 4.78 is 30.4. The second-order valence-corrected chi connectivity index (χ2v) is 8.46. The zero-order valence-electron chi connectivity index (χ0n) is 12.6. The maximum absolute atomic E-state index is 11.9. The van der Waals surface area contributed by atoms with Gasteiger partial charge in [0.05, 0.1) is 6.54 Å². The lowest BCUT2D eigenvalue weighted by Crippen LogP contribution is -2.21. The van der Waals surface area contributed by atoms with Crippen LogP contribution in [0.25, 0.3) is 0 Å². The van der Waals surface area contributed by atoms with Gasteiger partial charge in [-0.1, -0.05) is 0 Å². The van der Waals surface area contributed by atoms with Gasteiger partial charge in [0, 0.05) is 29.9 Å². The third-order valence-corrected chi connectivity index (χ3v) is 6.02. The van der Waals surface area contributed by atoms with Gasteiger partial charge in [-0.05, 0) is 38.1 Å². The molecule has 0 aliphatic rings. The summed E-state index contributed by atoms with van der Waals surface area (Å²) in [5, 5.41) is 3.31. The molecule has 0 saturated heterocycles. The molecule has 0 saturated carbocycles. The number of hydrogen-bond donors (Lipinski definition) is 1. The van der Waals surface area contributed by atoms with Crippen molar-refractivity contribution in [2.45, 2.75) is 31.5 Å². The minimum atomic E-state index is -3.50. The van der Waals surface area contributed by atoms with Crippen molar-refractivity contribution in [3.63, 3.8) is 0 Å². The number of nitrogens with zero attached hydrogens (tertiary/aromatic N) is 1. The van der Waals surface area contributed by atoms with Crippen LogP contribution in [0.4, 0.5) is 0 Å². The van der Waals surface area contributed by atoms with Crippen LogP contribution in [0.2, 0.25) is 0 Å². The molecule has 0 bridgehead atoms. The molecule has 0 spiro atoms. The van der Waals surface area contributed by atoms with Crippen LogP contribution < -0.4 is 5.32 Å². The van der Waals surface area contributed by atoms with E-state index in [0.717, 1.165) is 4.31 Å². The molecule has 7 heteroatoms. The monoisotopic (exact) mass is 328 g/mol. The van der Waals surface area contributed by atoms with Crippen LogP contribution in [0, 0.1) is 6.92 Å². The molecule has 0 amide bonds. The molecule has 2 aromatic rings. The summed E-state index contributed by atoms with van der Waals surface area (Å²) in [6.45, 7) is 4.64. The quantitative estimate of drug-likeness (QED) is 0.886. The second-order valence-electron chi connectivity index (χ2n) is 5.06. The van der Waals surface area contributed by atoms with Crippen molar-refractivity contribution < 1.29 is 12.8 Å². The average Bonchev–Trinajstić information content (AvgIpc) is 3.04. The van der Waals surface area contributed by atoms with Gasteiger partial charge in [-0.2, -0.15) is 0 Å². The topological polar surface area (TPSA) is 62.6 Å². The van der Waals surface area contributed by atoms with Crippen molar-refractivity contribution in [2.75, 3.05) is 14.1 Å². The fourth-order valence-corrected chi connectivity index (χ4v) is 3.53. The fourth-order valence-electron chi connectivity index (χ4n) is 1.81. The molecule has 0 aromatic carbocycles. The highest BCUT2D eigenvalue weighted by Crippen LogP contribution is 2.23. The van der Waals surface area contributed by atoms with Gasteiger partial charge >= 0.3 is 0 Å². The van der Waals surface area contributed by atoms with E-state index in [2.05, 4.69) is 31.3 Å². The summed E-state index contributed by atoms with van der Waals surface area (Å²) in [4.78, 5) is 2.52. The van der Waals surface area contributed by atoms with Crippen LogP contribution in [-0.4, -0.2) is 26.8 Å². The van der Waals surface area contributed by atoms with Gasteiger partial charge in [-0.25, -0.2) is 12.7 Å². The first-order valence-electron chi connectivity index (χ1n) is 6.61. The minimum Gasteiger partial charge on any atom is -0.447 e. The summed E-state index contributed by atoms with van der Waals surface area (Å²) in [5.74, 6) is 0.607. The maximum Gasteiger partial charge on any atom is 0.275 e. The Morgan fingerprint density at radius 2 is 2.00 bits per heavy atom. The zero-order valence-corrected chi connectivity index (χ0v) is 14.2. The Hall–Kier alpha value is -1.15. The highest BCUT2D eigenvalue weighted by atomic mass is 32.2. The third kappa shape index (κ3) is 3.74. The van der Waals surface area contributed by atoms with Crippen LogP contribution in [0.1, 0.15) is 28.5 Å². The first-order valence-corrected chi connectivity index (χ1v) is 8.87. The van der Waals surface area contributed by atoms with E-state index >= 15 is 0 Å². The molecule has 1 N–H and O–H groups in total. The number of rotatable bonds is 6. The molecule has 116 valence electrons. The molecule has 2 rings (SSSR count). The number of sulfonamides is 1. The van der Waals surface area contributed by atoms with Gasteiger partial charge in [-0.3, -0.25) is 0 Å². The predicted octanol–water partition coefficient (Wildman–Crippen LogP) is 2.75. The van der Waals surface area contributed by atoms with E-state index in [-0.39, 0.29) is 11.1 Å². The van der Waals surface area contributed by atoms with E-state index in [1.54, 1.807) is 17.4 Å². The summed E-state index contributed by atoms with van der Waals surface area (Å²) in [5.41, 5.74) is 0. The van der Waals surface area contributed by atoms with Crippen molar-refractivity contribution in [3.8, 4) is 0 Å². The molecule has 0 aliphatic carbocycles. The van der Waals surface area contributed by atoms with Gasteiger partial charge in [-0.15, -0.1) is 11.3 Å². The van der Waals surface area contributed by atoms with Gasteiger partial charge in [0.25, 0.3) is 10.0 Å². The number of hydrogen-bond acceptors (Lipinski definition) is 5. The number of furan rings is 1. The Kier molecular flexibility index (Phi) is 4.88. The summed E-state index contributed by atoms with van der Waals surface area (Å²) in [6.07, 6.45) is 0. The van der Waals surface area contributed by atoms with E-state index in [4.69, 9.17) is 4.42 Å². The van der Waals surface area contributed by atoms with Crippen molar-refractivity contribution in [2.24, 2.45) is 0 Å². The summed E-state index contributed by atoms with van der Waals surface area (Å²) in [7, 11) is -0.536. The molecule has 1 atom stereocenters. The normalized spacial score (nSPS) is 13.8. The van der Waals surface area contributed by atoms with E-state index < -0.39 is 10.0 Å². The molecular weight excluding hydrogens is 308 g/mol. The van der Waals surface area contributed by atoms with Crippen LogP contribution in [0.5, 0.6) is 0 Å². The third-order valence-electron chi connectivity index (χ3n) is 3.14. The second kappa shape index (κ2) is 6.31. The highest BCUT2D eigenvalue weighted by Gasteiger charge is 2.21. The molecule has 0 radical (unpaired) electrons. The van der Waals surface area contributed by atoms with Crippen LogP contribution in [0.3, 0.4) is 0 Å². The Balaban J connectivity index is 2.00. The van der Waals surface area contributed by atoms with Gasteiger partial charge in [0.15, 0.2) is 0 Å². The van der Waals surface area contributed by atoms with Crippen molar-refractivity contribution in [1.82, 2.24) is 9.62 Å². The standard InChI is InChI=1S/C14H20N2O3S2/c1-10-5-7-13(20-10)11(2)15-9-12-6-8-14(19-12)21(17,18)16(3)4/h5-8,11,15H,9H2,1-4H3. The van der Waals surface area contributed by atoms with Crippen molar-refractivity contribution in [3.05, 3.63) is 39.8 Å². The van der Waals surface area contributed by atoms with Gasteiger partial charge in [0.2, 0.25) is 5.09 Å².